The van der Waals surface area contributed by atoms with Gasteiger partial charge in [0.15, 0.2) is 0 Å². The SMILES string of the molecule is CCCc1ccc(=O)n(C)c1C. The maximum atomic E-state index is 11.2. The first-order valence-electron chi connectivity index (χ1n) is 4.32. The molecule has 0 bridgehead atoms. The molecule has 1 aromatic heterocycles. The lowest BCUT2D eigenvalue weighted by molar-refractivity contribution is 0.782. The summed E-state index contributed by atoms with van der Waals surface area (Å²) in [4.78, 5) is 11.2. The molecule has 1 rings (SSSR count). The normalized spacial score (nSPS) is 10.2. The van der Waals surface area contributed by atoms with Crippen molar-refractivity contribution in [1.82, 2.24) is 4.57 Å². The summed E-state index contributed by atoms with van der Waals surface area (Å²) < 4.78 is 1.70. The first-order valence-corrected chi connectivity index (χ1v) is 4.32. The van der Waals surface area contributed by atoms with Crippen LogP contribution in [0, 0.1) is 6.92 Å². The Labute approximate surface area is 72.8 Å². The van der Waals surface area contributed by atoms with Crippen molar-refractivity contribution in [2.45, 2.75) is 26.7 Å². The van der Waals surface area contributed by atoms with Gasteiger partial charge in [-0.15, -0.1) is 0 Å². The van der Waals surface area contributed by atoms with Crippen LogP contribution in [-0.2, 0) is 13.5 Å². The van der Waals surface area contributed by atoms with Crippen LogP contribution in [0.5, 0.6) is 0 Å². The van der Waals surface area contributed by atoms with Crippen molar-refractivity contribution < 1.29 is 0 Å². The molecule has 0 unspecified atom stereocenters. The Morgan fingerprint density at radius 1 is 1.42 bits per heavy atom. The monoisotopic (exact) mass is 165 g/mol. The van der Waals surface area contributed by atoms with Crippen LogP contribution in [0.25, 0.3) is 0 Å². The maximum Gasteiger partial charge on any atom is 0.250 e. The van der Waals surface area contributed by atoms with Gasteiger partial charge < -0.3 is 4.57 Å². The van der Waals surface area contributed by atoms with E-state index in [1.165, 1.54) is 5.56 Å². The third kappa shape index (κ3) is 1.58. The van der Waals surface area contributed by atoms with Crippen molar-refractivity contribution >= 4 is 0 Å². The van der Waals surface area contributed by atoms with Crippen molar-refractivity contribution in [3.63, 3.8) is 0 Å². The minimum Gasteiger partial charge on any atom is -0.316 e. The molecule has 0 aliphatic rings. The molecule has 12 heavy (non-hydrogen) atoms. The van der Waals surface area contributed by atoms with E-state index in [1.807, 2.05) is 20.0 Å². The molecular formula is C10H15NO. The van der Waals surface area contributed by atoms with Crippen molar-refractivity contribution in [2.75, 3.05) is 0 Å². The van der Waals surface area contributed by atoms with Crippen LogP contribution in [0.4, 0.5) is 0 Å². The highest BCUT2D eigenvalue weighted by molar-refractivity contribution is 5.19. The topological polar surface area (TPSA) is 22.0 Å². The quantitative estimate of drug-likeness (QED) is 0.653. The van der Waals surface area contributed by atoms with E-state index in [-0.39, 0.29) is 5.56 Å². The second kappa shape index (κ2) is 3.57. The van der Waals surface area contributed by atoms with Crippen LogP contribution in [0.15, 0.2) is 16.9 Å². The number of hydrogen-bond acceptors (Lipinski definition) is 1. The molecule has 0 aliphatic heterocycles. The fourth-order valence-corrected chi connectivity index (χ4v) is 1.32. The summed E-state index contributed by atoms with van der Waals surface area (Å²) >= 11 is 0. The smallest absolute Gasteiger partial charge is 0.250 e. The Kier molecular flexibility index (Phi) is 2.69. The number of aryl methyl sites for hydroxylation is 1. The maximum absolute atomic E-state index is 11.2. The summed E-state index contributed by atoms with van der Waals surface area (Å²) in [5.41, 5.74) is 2.44. The molecule has 2 nitrogen and oxygen atoms in total. The van der Waals surface area contributed by atoms with E-state index in [2.05, 4.69) is 6.92 Å². The van der Waals surface area contributed by atoms with Gasteiger partial charge in [0.05, 0.1) is 0 Å². The fourth-order valence-electron chi connectivity index (χ4n) is 1.32. The van der Waals surface area contributed by atoms with Crippen LogP contribution in [-0.4, -0.2) is 4.57 Å². The van der Waals surface area contributed by atoms with E-state index >= 15 is 0 Å². The van der Waals surface area contributed by atoms with Gasteiger partial charge in [-0.3, -0.25) is 4.79 Å². The van der Waals surface area contributed by atoms with Crippen molar-refractivity contribution in [3.05, 3.63) is 33.7 Å². The van der Waals surface area contributed by atoms with E-state index in [4.69, 9.17) is 0 Å². The van der Waals surface area contributed by atoms with E-state index in [1.54, 1.807) is 10.6 Å². The Balaban J connectivity index is 3.17. The first-order chi connectivity index (χ1) is 5.66. The summed E-state index contributed by atoms with van der Waals surface area (Å²) in [6.07, 6.45) is 2.18. The first kappa shape index (κ1) is 9.04. The molecule has 66 valence electrons. The molecule has 0 aromatic carbocycles. The van der Waals surface area contributed by atoms with Gasteiger partial charge >= 0.3 is 0 Å². The molecule has 0 amide bonds. The lowest BCUT2D eigenvalue weighted by Gasteiger charge is -2.07. The summed E-state index contributed by atoms with van der Waals surface area (Å²) in [5.74, 6) is 0. The number of rotatable bonds is 2. The van der Waals surface area contributed by atoms with E-state index in [9.17, 15) is 4.79 Å². The predicted octanol–water partition coefficient (Wildman–Crippen LogP) is 1.65. The van der Waals surface area contributed by atoms with Gasteiger partial charge in [-0.1, -0.05) is 19.4 Å². The molecule has 1 heterocycles. The van der Waals surface area contributed by atoms with E-state index in [0.29, 0.717) is 0 Å². The summed E-state index contributed by atoms with van der Waals surface area (Å²) in [6, 6.07) is 3.57. The highest BCUT2D eigenvalue weighted by Gasteiger charge is 2.00. The number of pyridine rings is 1. The minimum atomic E-state index is 0.0763. The standard InChI is InChI=1S/C10H15NO/c1-4-5-9-6-7-10(12)11(3)8(9)2/h6-7H,4-5H2,1-3H3. The number of hydrogen-bond donors (Lipinski definition) is 0. The Morgan fingerprint density at radius 3 is 2.67 bits per heavy atom. The largest absolute Gasteiger partial charge is 0.316 e. The minimum absolute atomic E-state index is 0.0763. The van der Waals surface area contributed by atoms with Crippen molar-refractivity contribution in [1.29, 1.82) is 0 Å². The van der Waals surface area contributed by atoms with E-state index in [0.717, 1.165) is 18.5 Å². The summed E-state index contributed by atoms with van der Waals surface area (Å²) in [7, 11) is 1.82. The van der Waals surface area contributed by atoms with Crippen molar-refractivity contribution in [3.8, 4) is 0 Å². The van der Waals surface area contributed by atoms with Crippen LogP contribution in [0.3, 0.4) is 0 Å². The lowest BCUT2D eigenvalue weighted by Crippen LogP contribution is -2.18. The molecule has 0 fully saturated rings. The van der Waals surface area contributed by atoms with Gasteiger partial charge in [0.2, 0.25) is 5.56 Å². The zero-order valence-electron chi connectivity index (χ0n) is 7.92. The Bertz CT molecular complexity index is 325. The number of nitrogens with zero attached hydrogens (tertiary/aromatic N) is 1. The van der Waals surface area contributed by atoms with Gasteiger partial charge in [-0.25, -0.2) is 0 Å². The van der Waals surface area contributed by atoms with Crippen molar-refractivity contribution in [2.24, 2.45) is 7.05 Å². The third-order valence-electron chi connectivity index (χ3n) is 2.24. The number of aromatic nitrogens is 1. The van der Waals surface area contributed by atoms with Crippen LogP contribution in [0.1, 0.15) is 24.6 Å². The molecule has 0 aliphatic carbocycles. The zero-order chi connectivity index (χ0) is 9.14. The fraction of sp³-hybridized carbons (Fsp3) is 0.500. The van der Waals surface area contributed by atoms with Crippen LogP contribution in [0.2, 0.25) is 0 Å². The molecule has 0 N–H and O–H groups in total. The lowest BCUT2D eigenvalue weighted by atomic mass is 10.1. The molecule has 2 heteroatoms. The van der Waals surface area contributed by atoms with Gasteiger partial charge in [-0.2, -0.15) is 0 Å². The predicted molar refractivity (Wildman–Crippen MR) is 50.4 cm³/mol. The third-order valence-corrected chi connectivity index (χ3v) is 2.24. The zero-order valence-corrected chi connectivity index (χ0v) is 7.92. The highest BCUT2D eigenvalue weighted by atomic mass is 16.1. The molecule has 0 atom stereocenters. The molecule has 0 radical (unpaired) electrons. The summed E-state index contributed by atoms with van der Waals surface area (Å²) in [5, 5.41) is 0. The van der Waals surface area contributed by atoms with Gasteiger partial charge in [0, 0.05) is 18.8 Å². The second-order valence-corrected chi connectivity index (χ2v) is 3.09. The second-order valence-electron chi connectivity index (χ2n) is 3.09. The average molecular weight is 165 g/mol. The molecular weight excluding hydrogens is 150 g/mol. The molecule has 0 spiro atoms. The molecule has 0 saturated carbocycles. The van der Waals surface area contributed by atoms with E-state index < -0.39 is 0 Å². The van der Waals surface area contributed by atoms with Crippen LogP contribution >= 0.6 is 0 Å². The van der Waals surface area contributed by atoms with Gasteiger partial charge in [-0.05, 0) is 18.9 Å². The average Bonchev–Trinajstić information content (AvgIpc) is 2.07. The van der Waals surface area contributed by atoms with Gasteiger partial charge in [0.25, 0.3) is 0 Å². The van der Waals surface area contributed by atoms with Crippen LogP contribution < -0.4 is 5.56 Å². The summed E-state index contributed by atoms with van der Waals surface area (Å²) in [6.45, 7) is 4.14. The Hall–Kier alpha value is -1.05. The molecule has 0 saturated heterocycles. The Morgan fingerprint density at radius 2 is 2.08 bits per heavy atom. The van der Waals surface area contributed by atoms with Gasteiger partial charge in [0.1, 0.15) is 0 Å². The highest BCUT2D eigenvalue weighted by Crippen LogP contribution is 2.06. The molecule has 1 aromatic rings.